The van der Waals surface area contributed by atoms with Crippen LogP contribution in [-0.4, -0.2) is 37.4 Å². The molecule has 0 bridgehead atoms. The van der Waals surface area contributed by atoms with E-state index in [0.717, 1.165) is 18.0 Å². The van der Waals surface area contributed by atoms with Crippen molar-refractivity contribution in [1.29, 1.82) is 0 Å². The summed E-state index contributed by atoms with van der Waals surface area (Å²) >= 11 is 0. The maximum absolute atomic E-state index is 5.50. The number of benzene rings is 1. The summed E-state index contributed by atoms with van der Waals surface area (Å²) < 4.78 is 10.9. The van der Waals surface area contributed by atoms with Crippen molar-refractivity contribution in [3.63, 3.8) is 0 Å². The van der Waals surface area contributed by atoms with Crippen molar-refractivity contribution in [2.24, 2.45) is 0 Å². The Labute approximate surface area is 127 Å². The molecule has 1 N–H and O–H groups in total. The summed E-state index contributed by atoms with van der Waals surface area (Å²) in [5.74, 6) is 1.72. The molecule has 2 heterocycles. The van der Waals surface area contributed by atoms with Crippen LogP contribution < -0.4 is 14.8 Å². The van der Waals surface area contributed by atoms with Gasteiger partial charge < -0.3 is 14.8 Å². The van der Waals surface area contributed by atoms with Crippen molar-refractivity contribution in [2.45, 2.75) is 51.2 Å². The first-order valence-electron chi connectivity index (χ1n) is 8.01. The molecule has 116 valence electrons. The predicted octanol–water partition coefficient (Wildman–Crippen LogP) is 2.94. The fourth-order valence-electron chi connectivity index (χ4n) is 3.54. The van der Waals surface area contributed by atoms with Gasteiger partial charge in [0, 0.05) is 24.7 Å². The molecule has 2 aliphatic heterocycles. The third-order valence-corrected chi connectivity index (χ3v) is 4.92. The molecule has 1 aromatic rings. The molecule has 0 radical (unpaired) electrons. The molecular weight excluding hydrogens is 264 g/mol. The Kier molecular flexibility index (Phi) is 4.36. The van der Waals surface area contributed by atoms with Gasteiger partial charge in [0.1, 0.15) is 0 Å². The second-order valence-corrected chi connectivity index (χ2v) is 6.28. The van der Waals surface area contributed by atoms with Crippen LogP contribution in [0, 0.1) is 0 Å². The minimum atomic E-state index is 0.322. The molecule has 3 atom stereocenters. The zero-order valence-electron chi connectivity index (χ0n) is 13.3. The Morgan fingerprint density at radius 2 is 1.90 bits per heavy atom. The minimum absolute atomic E-state index is 0.322. The molecule has 1 fully saturated rings. The lowest BCUT2D eigenvalue weighted by Gasteiger charge is -2.41. The molecule has 3 rings (SSSR count). The molecule has 0 spiro atoms. The van der Waals surface area contributed by atoms with Gasteiger partial charge in [-0.05, 0) is 51.4 Å². The lowest BCUT2D eigenvalue weighted by Crippen LogP contribution is -2.47. The highest BCUT2D eigenvalue weighted by Gasteiger charge is 2.27. The third kappa shape index (κ3) is 3.01. The van der Waals surface area contributed by atoms with Crippen molar-refractivity contribution in [3.8, 4) is 11.5 Å². The van der Waals surface area contributed by atoms with Gasteiger partial charge in [-0.15, -0.1) is 0 Å². The minimum Gasteiger partial charge on any atom is -0.454 e. The predicted molar refractivity (Wildman–Crippen MR) is 83.8 cm³/mol. The summed E-state index contributed by atoms with van der Waals surface area (Å²) in [6.07, 6.45) is 3.97. The van der Waals surface area contributed by atoms with Crippen LogP contribution in [0.1, 0.15) is 44.7 Å². The summed E-state index contributed by atoms with van der Waals surface area (Å²) in [4.78, 5) is 2.63. The van der Waals surface area contributed by atoms with Gasteiger partial charge in [0.25, 0.3) is 0 Å². The van der Waals surface area contributed by atoms with E-state index in [-0.39, 0.29) is 0 Å². The molecule has 4 heteroatoms. The van der Waals surface area contributed by atoms with E-state index in [1.165, 1.54) is 24.8 Å². The SMILES string of the molecule is CNC(CN1C(C)CCCC1C)c1ccc2c(c1)OCO2. The maximum atomic E-state index is 5.50. The van der Waals surface area contributed by atoms with Gasteiger partial charge in [-0.2, -0.15) is 0 Å². The van der Waals surface area contributed by atoms with E-state index in [2.05, 4.69) is 36.2 Å². The van der Waals surface area contributed by atoms with Crippen LogP contribution >= 0.6 is 0 Å². The normalized spacial score (nSPS) is 26.8. The van der Waals surface area contributed by atoms with Crippen LogP contribution in [0.25, 0.3) is 0 Å². The van der Waals surface area contributed by atoms with E-state index in [1.807, 2.05) is 13.1 Å². The largest absolute Gasteiger partial charge is 0.454 e. The van der Waals surface area contributed by atoms with Crippen LogP contribution in [-0.2, 0) is 0 Å². The monoisotopic (exact) mass is 290 g/mol. The molecule has 0 saturated carbocycles. The topological polar surface area (TPSA) is 33.7 Å². The van der Waals surface area contributed by atoms with Crippen molar-refractivity contribution in [1.82, 2.24) is 10.2 Å². The summed E-state index contributed by atoms with van der Waals surface area (Å²) in [6, 6.07) is 7.93. The number of rotatable bonds is 4. The lowest BCUT2D eigenvalue weighted by atomic mass is 9.95. The summed E-state index contributed by atoms with van der Waals surface area (Å²) in [5, 5.41) is 3.46. The lowest BCUT2D eigenvalue weighted by molar-refractivity contribution is 0.0920. The number of fused-ring (bicyclic) bond motifs is 1. The van der Waals surface area contributed by atoms with Crippen LogP contribution in [0.15, 0.2) is 18.2 Å². The first kappa shape index (κ1) is 14.7. The van der Waals surface area contributed by atoms with Crippen LogP contribution in [0.5, 0.6) is 11.5 Å². The van der Waals surface area contributed by atoms with E-state index in [0.29, 0.717) is 24.9 Å². The summed E-state index contributed by atoms with van der Waals surface area (Å²) in [5.41, 5.74) is 1.27. The van der Waals surface area contributed by atoms with E-state index in [4.69, 9.17) is 9.47 Å². The second-order valence-electron chi connectivity index (χ2n) is 6.28. The average molecular weight is 290 g/mol. The molecule has 3 unspecified atom stereocenters. The number of hydrogen-bond acceptors (Lipinski definition) is 4. The summed E-state index contributed by atoms with van der Waals surface area (Å²) in [6.45, 7) is 6.08. The fraction of sp³-hybridized carbons (Fsp3) is 0.647. The Hall–Kier alpha value is -1.26. The van der Waals surface area contributed by atoms with Gasteiger partial charge in [0.2, 0.25) is 6.79 Å². The van der Waals surface area contributed by atoms with Crippen LogP contribution in [0.2, 0.25) is 0 Å². The summed E-state index contributed by atoms with van der Waals surface area (Å²) in [7, 11) is 2.04. The van der Waals surface area contributed by atoms with Gasteiger partial charge in [-0.3, -0.25) is 4.90 Å². The van der Waals surface area contributed by atoms with Gasteiger partial charge in [0.05, 0.1) is 0 Å². The number of hydrogen-bond donors (Lipinski definition) is 1. The highest BCUT2D eigenvalue weighted by Crippen LogP contribution is 2.35. The van der Waals surface area contributed by atoms with E-state index in [9.17, 15) is 0 Å². The Balaban J connectivity index is 1.75. The highest BCUT2D eigenvalue weighted by molar-refractivity contribution is 5.45. The van der Waals surface area contributed by atoms with Crippen LogP contribution in [0.4, 0.5) is 0 Å². The number of ether oxygens (including phenoxy) is 2. The zero-order valence-corrected chi connectivity index (χ0v) is 13.3. The smallest absolute Gasteiger partial charge is 0.231 e. The van der Waals surface area contributed by atoms with E-state index < -0.39 is 0 Å². The van der Waals surface area contributed by atoms with E-state index in [1.54, 1.807) is 0 Å². The Morgan fingerprint density at radius 1 is 1.19 bits per heavy atom. The maximum Gasteiger partial charge on any atom is 0.231 e. The van der Waals surface area contributed by atoms with Crippen molar-refractivity contribution in [2.75, 3.05) is 20.4 Å². The third-order valence-electron chi connectivity index (χ3n) is 4.92. The number of nitrogens with zero attached hydrogens (tertiary/aromatic N) is 1. The van der Waals surface area contributed by atoms with Crippen molar-refractivity contribution in [3.05, 3.63) is 23.8 Å². The molecule has 4 nitrogen and oxygen atoms in total. The first-order chi connectivity index (χ1) is 10.2. The molecule has 0 amide bonds. The quantitative estimate of drug-likeness (QED) is 0.924. The van der Waals surface area contributed by atoms with Gasteiger partial charge >= 0.3 is 0 Å². The molecule has 1 saturated heterocycles. The average Bonchev–Trinajstić information content (AvgIpc) is 2.94. The van der Waals surface area contributed by atoms with Gasteiger partial charge in [-0.25, -0.2) is 0 Å². The van der Waals surface area contributed by atoms with Crippen molar-refractivity contribution < 1.29 is 9.47 Å². The molecular formula is C17H26N2O2. The first-order valence-corrected chi connectivity index (χ1v) is 8.01. The number of likely N-dealkylation sites (tertiary alicyclic amines) is 1. The molecule has 1 aromatic carbocycles. The Bertz CT molecular complexity index is 482. The molecule has 0 aliphatic carbocycles. The van der Waals surface area contributed by atoms with Gasteiger partial charge in [0.15, 0.2) is 11.5 Å². The van der Waals surface area contributed by atoms with Crippen LogP contribution in [0.3, 0.4) is 0 Å². The Morgan fingerprint density at radius 3 is 2.62 bits per heavy atom. The molecule has 21 heavy (non-hydrogen) atoms. The second kappa shape index (κ2) is 6.24. The van der Waals surface area contributed by atoms with Gasteiger partial charge in [-0.1, -0.05) is 12.5 Å². The van der Waals surface area contributed by atoms with E-state index >= 15 is 0 Å². The number of piperidine rings is 1. The molecule has 0 aromatic heterocycles. The highest BCUT2D eigenvalue weighted by atomic mass is 16.7. The fourth-order valence-corrected chi connectivity index (χ4v) is 3.54. The number of likely N-dealkylation sites (N-methyl/N-ethyl adjacent to an activating group) is 1. The van der Waals surface area contributed by atoms with Crippen molar-refractivity contribution >= 4 is 0 Å². The standard InChI is InChI=1S/C17H26N2O2/c1-12-5-4-6-13(2)19(12)10-15(18-3)14-7-8-16-17(9-14)21-11-20-16/h7-9,12-13,15,18H,4-6,10-11H2,1-3H3. The number of nitrogens with one attached hydrogen (secondary N) is 1. The molecule has 2 aliphatic rings. The zero-order chi connectivity index (χ0) is 14.8.